The summed E-state index contributed by atoms with van der Waals surface area (Å²) in [6.45, 7) is 2.29. The standard InChI is InChI=1S/C18H21NO5S2/c20-26(21,16-5-6-17-18(11-16)24-9-8-23-17)19(12-14-3-1-7-22-14)13-15-4-2-10-25-15/h2,4-6,10-11,14H,1,3,7-9,12-13H2. The number of rotatable bonds is 6. The Balaban J connectivity index is 1.63. The highest BCUT2D eigenvalue weighted by atomic mass is 32.2. The second-order valence-electron chi connectivity index (χ2n) is 6.32. The second-order valence-corrected chi connectivity index (χ2v) is 9.29. The molecular formula is C18H21NO5S2. The lowest BCUT2D eigenvalue weighted by atomic mass is 10.2. The zero-order valence-electron chi connectivity index (χ0n) is 14.3. The van der Waals surface area contributed by atoms with Crippen LogP contribution in [0.15, 0.2) is 40.6 Å². The van der Waals surface area contributed by atoms with E-state index in [0.29, 0.717) is 44.4 Å². The molecule has 1 saturated heterocycles. The summed E-state index contributed by atoms with van der Waals surface area (Å²) in [6.07, 6.45) is 1.81. The summed E-state index contributed by atoms with van der Waals surface area (Å²) >= 11 is 1.55. The normalized spacial score (nSPS) is 19.8. The molecule has 1 aromatic heterocycles. The van der Waals surface area contributed by atoms with Crippen molar-refractivity contribution in [3.05, 3.63) is 40.6 Å². The molecule has 2 aliphatic heterocycles. The summed E-state index contributed by atoms with van der Waals surface area (Å²) in [7, 11) is -3.67. The Morgan fingerprint density at radius 2 is 1.96 bits per heavy atom. The van der Waals surface area contributed by atoms with E-state index >= 15 is 0 Å². The maximum Gasteiger partial charge on any atom is 0.243 e. The minimum absolute atomic E-state index is 0.0538. The molecule has 140 valence electrons. The molecule has 0 radical (unpaired) electrons. The molecule has 3 heterocycles. The van der Waals surface area contributed by atoms with Crippen LogP contribution in [0.4, 0.5) is 0 Å². The first kappa shape index (κ1) is 17.8. The van der Waals surface area contributed by atoms with Gasteiger partial charge in [0.2, 0.25) is 10.0 Å². The Labute approximate surface area is 157 Å². The third-order valence-electron chi connectivity index (χ3n) is 4.49. The Kier molecular flexibility index (Phi) is 5.17. The molecule has 0 saturated carbocycles. The van der Waals surface area contributed by atoms with Crippen molar-refractivity contribution in [1.29, 1.82) is 0 Å². The van der Waals surface area contributed by atoms with Gasteiger partial charge in [0.05, 0.1) is 11.0 Å². The zero-order valence-corrected chi connectivity index (χ0v) is 15.9. The summed E-state index contributed by atoms with van der Waals surface area (Å²) in [5.41, 5.74) is 0. The van der Waals surface area contributed by atoms with Crippen molar-refractivity contribution in [2.75, 3.05) is 26.4 Å². The highest BCUT2D eigenvalue weighted by molar-refractivity contribution is 7.89. The zero-order chi connectivity index (χ0) is 18.0. The van der Waals surface area contributed by atoms with Crippen LogP contribution in [-0.2, 0) is 21.3 Å². The fourth-order valence-corrected chi connectivity index (χ4v) is 5.44. The Morgan fingerprint density at radius 3 is 2.69 bits per heavy atom. The minimum atomic E-state index is -3.67. The number of benzene rings is 1. The summed E-state index contributed by atoms with van der Waals surface area (Å²) in [4.78, 5) is 1.22. The average molecular weight is 396 g/mol. The molecule has 1 atom stereocenters. The molecule has 8 heteroatoms. The molecular weight excluding hydrogens is 374 g/mol. The molecule has 1 fully saturated rings. The Bertz CT molecular complexity index is 844. The van der Waals surface area contributed by atoms with Crippen molar-refractivity contribution in [1.82, 2.24) is 4.31 Å². The lowest BCUT2D eigenvalue weighted by Gasteiger charge is -2.25. The van der Waals surface area contributed by atoms with Crippen molar-refractivity contribution in [2.45, 2.75) is 30.4 Å². The van der Waals surface area contributed by atoms with Gasteiger partial charge in [0.1, 0.15) is 13.2 Å². The van der Waals surface area contributed by atoms with Crippen LogP contribution in [0, 0.1) is 0 Å². The number of hydrogen-bond donors (Lipinski definition) is 0. The summed E-state index contributed by atoms with van der Waals surface area (Å²) in [5, 5.41) is 1.95. The first-order valence-electron chi connectivity index (χ1n) is 8.67. The number of thiophene rings is 1. The molecule has 0 amide bonds. The Hall–Kier alpha value is -1.61. The van der Waals surface area contributed by atoms with Gasteiger partial charge in [-0.1, -0.05) is 6.07 Å². The number of fused-ring (bicyclic) bond motifs is 1. The summed E-state index contributed by atoms with van der Waals surface area (Å²) in [6, 6.07) is 8.69. The Morgan fingerprint density at radius 1 is 1.12 bits per heavy atom. The van der Waals surface area contributed by atoms with Gasteiger partial charge in [0.25, 0.3) is 0 Å². The lowest BCUT2D eigenvalue weighted by Crippen LogP contribution is -2.36. The molecule has 6 nitrogen and oxygen atoms in total. The third-order valence-corrected chi connectivity index (χ3v) is 7.16. The fourth-order valence-electron chi connectivity index (χ4n) is 3.17. The van der Waals surface area contributed by atoms with E-state index in [4.69, 9.17) is 14.2 Å². The molecule has 1 unspecified atom stereocenters. The van der Waals surface area contributed by atoms with E-state index in [2.05, 4.69) is 0 Å². The van der Waals surface area contributed by atoms with Crippen LogP contribution in [0.1, 0.15) is 17.7 Å². The van der Waals surface area contributed by atoms with Crippen molar-refractivity contribution >= 4 is 21.4 Å². The monoisotopic (exact) mass is 395 g/mol. The van der Waals surface area contributed by atoms with Crippen LogP contribution < -0.4 is 9.47 Å². The first-order valence-corrected chi connectivity index (χ1v) is 11.0. The average Bonchev–Trinajstić information content (AvgIpc) is 3.35. The maximum atomic E-state index is 13.3. The van der Waals surface area contributed by atoms with Crippen LogP contribution in [0.3, 0.4) is 0 Å². The molecule has 0 spiro atoms. The van der Waals surface area contributed by atoms with Gasteiger partial charge in [0.15, 0.2) is 11.5 Å². The number of hydrogen-bond acceptors (Lipinski definition) is 6. The van der Waals surface area contributed by atoms with Crippen LogP contribution >= 0.6 is 11.3 Å². The summed E-state index contributed by atoms with van der Waals surface area (Å²) < 4.78 is 44.9. The largest absolute Gasteiger partial charge is 0.486 e. The van der Waals surface area contributed by atoms with Gasteiger partial charge in [-0.15, -0.1) is 11.3 Å². The number of nitrogens with zero attached hydrogens (tertiary/aromatic N) is 1. The van der Waals surface area contributed by atoms with Gasteiger partial charge < -0.3 is 14.2 Å². The topological polar surface area (TPSA) is 65.1 Å². The van der Waals surface area contributed by atoms with E-state index in [1.54, 1.807) is 29.5 Å². The molecule has 2 aromatic rings. The predicted molar refractivity (Wildman–Crippen MR) is 98.3 cm³/mol. The highest BCUT2D eigenvalue weighted by Gasteiger charge is 2.30. The van der Waals surface area contributed by atoms with Crippen LogP contribution in [-0.4, -0.2) is 45.2 Å². The van der Waals surface area contributed by atoms with Crippen molar-refractivity contribution in [3.63, 3.8) is 0 Å². The van der Waals surface area contributed by atoms with Crippen molar-refractivity contribution in [2.24, 2.45) is 0 Å². The maximum absolute atomic E-state index is 13.3. The smallest absolute Gasteiger partial charge is 0.243 e. The molecule has 0 aliphatic carbocycles. The van der Waals surface area contributed by atoms with E-state index in [1.165, 1.54) is 4.31 Å². The van der Waals surface area contributed by atoms with E-state index in [0.717, 1.165) is 17.7 Å². The molecule has 2 aliphatic rings. The van der Waals surface area contributed by atoms with Gasteiger partial charge in [0, 0.05) is 30.6 Å². The molecule has 26 heavy (non-hydrogen) atoms. The van der Waals surface area contributed by atoms with Gasteiger partial charge >= 0.3 is 0 Å². The lowest BCUT2D eigenvalue weighted by molar-refractivity contribution is 0.0927. The predicted octanol–water partition coefficient (Wildman–Crippen LogP) is 2.89. The first-order chi connectivity index (χ1) is 12.6. The van der Waals surface area contributed by atoms with Crippen molar-refractivity contribution < 1.29 is 22.6 Å². The van der Waals surface area contributed by atoms with Crippen LogP contribution in [0.5, 0.6) is 11.5 Å². The minimum Gasteiger partial charge on any atom is -0.486 e. The van der Waals surface area contributed by atoms with Crippen LogP contribution in [0.2, 0.25) is 0 Å². The second kappa shape index (κ2) is 7.56. The van der Waals surface area contributed by atoms with Gasteiger partial charge in [-0.05, 0) is 36.4 Å². The van der Waals surface area contributed by atoms with E-state index < -0.39 is 10.0 Å². The molecule has 0 bridgehead atoms. The molecule has 1 aromatic carbocycles. The van der Waals surface area contributed by atoms with Gasteiger partial charge in [-0.25, -0.2) is 8.42 Å². The van der Waals surface area contributed by atoms with Crippen LogP contribution in [0.25, 0.3) is 0 Å². The van der Waals surface area contributed by atoms with Gasteiger partial charge in [-0.2, -0.15) is 4.31 Å². The molecule has 0 N–H and O–H groups in total. The molecule has 4 rings (SSSR count). The third kappa shape index (κ3) is 3.73. The van der Waals surface area contributed by atoms with E-state index in [-0.39, 0.29) is 11.0 Å². The fraction of sp³-hybridized carbons (Fsp3) is 0.444. The summed E-state index contributed by atoms with van der Waals surface area (Å²) in [5.74, 6) is 1.06. The van der Waals surface area contributed by atoms with E-state index in [9.17, 15) is 8.42 Å². The quantitative estimate of drug-likeness (QED) is 0.753. The highest BCUT2D eigenvalue weighted by Crippen LogP contribution is 2.34. The number of sulfonamides is 1. The van der Waals surface area contributed by atoms with Gasteiger partial charge in [-0.3, -0.25) is 0 Å². The SMILES string of the molecule is O=S(=O)(c1ccc2c(c1)OCCO2)N(Cc1cccs1)CC1CCCO1. The van der Waals surface area contributed by atoms with Crippen molar-refractivity contribution in [3.8, 4) is 11.5 Å². The number of ether oxygens (including phenoxy) is 3. The van der Waals surface area contributed by atoms with E-state index in [1.807, 2.05) is 17.5 Å².